The molecule has 1 aromatic heterocycles. The van der Waals surface area contributed by atoms with Crippen molar-refractivity contribution in [3.63, 3.8) is 0 Å². The Hall–Kier alpha value is -2.36. The van der Waals surface area contributed by atoms with Gasteiger partial charge in [-0.15, -0.1) is 11.8 Å². The molecule has 9 heteroatoms. The van der Waals surface area contributed by atoms with Crippen LogP contribution in [0, 0.1) is 29.6 Å². The number of carboxylic acid groups (broad SMARTS) is 1. The van der Waals surface area contributed by atoms with Gasteiger partial charge in [0.2, 0.25) is 0 Å². The summed E-state index contributed by atoms with van der Waals surface area (Å²) in [4.78, 5) is 39.9. The monoisotopic (exact) mass is 569 g/mol. The molecule has 2 aliphatic heterocycles. The Morgan fingerprint density at radius 1 is 1.14 bits per heavy atom. The first kappa shape index (κ1) is 21.9. The lowest BCUT2D eigenvalue weighted by atomic mass is 9.66. The summed E-state index contributed by atoms with van der Waals surface area (Å²) in [5, 5.41) is 11.1. The van der Waals surface area contributed by atoms with E-state index in [9.17, 15) is 19.5 Å². The Morgan fingerprint density at radius 2 is 1.94 bits per heavy atom. The average molecular weight is 570 g/mol. The van der Waals surface area contributed by atoms with Crippen molar-refractivity contribution in [1.29, 1.82) is 0 Å². The number of thiazole rings is 1. The summed E-state index contributed by atoms with van der Waals surface area (Å²) >= 11 is 6.52. The molecule has 0 saturated heterocycles. The highest BCUT2D eigenvalue weighted by molar-refractivity contribution is 9.10. The van der Waals surface area contributed by atoms with Crippen LogP contribution in [-0.4, -0.2) is 26.9 Å². The first-order valence-corrected chi connectivity index (χ1v) is 14.1. The van der Waals surface area contributed by atoms with Crippen LogP contribution in [0.25, 0.3) is 0 Å². The number of thioether (sulfide) groups is 1. The van der Waals surface area contributed by atoms with Crippen molar-refractivity contribution in [3.05, 3.63) is 78.7 Å². The van der Waals surface area contributed by atoms with Crippen LogP contribution in [0.2, 0.25) is 0 Å². The van der Waals surface area contributed by atoms with Crippen LogP contribution in [0.1, 0.15) is 28.3 Å². The van der Waals surface area contributed by atoms with Crippen molar-refractivity contribution in [2.75, 3.05) is 0 Å². The number of hydrogen-bond acceptors (Lipinski definition) is 6. The molecule has 7 atom stereocenters. The van der Waals surface area contributed by atoms with E-state index in [-0.39, 0.29) is 33.8 Å². The molecule has 35 heavy (non-hydrogen) atoms. The van der Waals surface area contributed by atoms with Gasteiger partial charge in [0.15, 0.2) is 0 Å². The number of hydrogen-bond donors (Lipinski definition) is 1. The quantitative estimate of drug-likeness (QED) is 0.359. The molecule has 0 amide bonds. The summed E-state index contributed by atoms with van der Waals surface area (Å²) < 4.78 is 8.61. The Balaban J connectivity index is 1.45. The van der Waals surface area contributed by atoms with E-state index < -0.39 is 23.8 Å². The summed E-state index contributed by atoms with van der Waals surface area (Å²) in [6.45, 7) is 0.474. The molecular weight excluding hydrogens is 550 g/mol. The van der Waals surface area contributed by atoms with Gasteiger partial charge in [-0.2, -0.15) is 0 Å². The average Bonchev–Trinajstić information content (AvgIpc) is 3.49. The summed E-state index contributed by atoms with van der Waals surface area (Å²) in [5.74, 6) is -2.53. The minimum Gasteiger partial charge on any atom is -0.481 e. The molecule has 0 radical (unpaired) electrons. The van der Waals surface area contributed by atoms with Crippen molar-refractivity contribution >= 4 is 51.0 Å². The molecular formula is C26H20BrNO5S2. The molecule has 4 aliphatic rings. The maximum atomic E-state index is 13.3. The number of carbonyl (C=O) groups is 2. The van der Waals surface area contributed by atoms with Crippen molar-refractivity contribution in [3.8, 4) is 5.75 Å². The molecule has 6 nitrogen and oxygen atoms in total. The van der Waals surface area contributed by atoms with E-state index in [4.69, 9.17) is 4.74 Å². The highest BCUT2D eigenvalue weighted by Crippen LogP contribution is 2.68. The fraction of sp³-hybridized carbons (Fsp3) is 0.346. The van der Waals surface area contributed by atoms with Gasteiger partial charge in [0.25, 0.3) is 0 Å². The number of halogens is 1. The summed E-state index contributed by atoms with van der Waals surface area (Å²) in [5.41, 5.74) is 1.94. The number of carbonyl (C=O) groups excluding carboxylic acids is 1. The molecule has 0 unspecified atom stereocenters. The van der Waals surface area contributed by atoms with Crippen LogP contribution in [0.4, 0.5) is 0 Å². The number of benzene rings is 2. The van der Waals surface area contributed by atoms with Crippen LogP contribution in [0.3, 0.4) is 0 Å². The molecule has 0 spiro atoms. The van der Waals surface area contributed by atoms with E-state index in [0.717, 1.165) is 25.5 Å². The molecule has 2 saturated carbocycles. The first-order valence-electron chi connectivity index (χ1n) is 11.6. The van der Waals surface area contributed by atoms with Gasteiger partial charge in [-0.05, 0) is 47.9 Å². The Morgan fingerprint density at radius 3 is 2.71 bits per heavy atom. The summed E-state index contributed by atoms with van der Waals surface area (Å²) in [7, 11) is 0. The van der Waals surface area contributed by atoms with E-state index in [1.165, 1.54) is 11.3 Å². The standard InChI is InChI=1S/C26H20BrNO5S2/c27-12-6-7-16-13(8-12)17-18-14-9-15(19(24(29)30)20(14)25(31)33-16)21(18)34-23-22(17)35-26(32)28(23)10-11-4-2-1-3-5-11/h1-8,14-15,17-21H,9-10H2,(H,29,30)/t14-,15-,17+,18+,19-,20+,21-/m1/s1. The number of aliphatic carboxylic acids is 1. The van der Waals surface area contributed by atoms with Gasteiger partial charge in [-0.1, -0.05) is 57.6 Å². The molecule has 178 valence electrons. The minimum absolute atomic E-state index is 0.0133. The Bertz CT molecular complexity index is 1450. The predicted octanol–water partition coefficient (Wildman–Crippen LogP) is 4.83. The van der Waals surface area contributed by atoms with Crippen LogP contribution in [0.5, 0.6) is 5.75 Å². The molecule has 3 heterocycles. The fourth-order valence-electron chi connectivity index (χ4n) is 6.98. The smallest absolute Gasteiger partial charge is 0.315 e. The molecule has 2 aliphatic carbocycles. The van der Waals surface area contributed by atoms with E-state index in [0.29, 0.717) is 18.7 Å². The maximum Gasteiger partial charge on any atom is 0.315 e. The van der Waals surface area contributed by atoms with Gasteiger partial charge < -0.3 is 9.84 Å². The number of ether oxygens (including phenoxy) is 1. The van der Waals surface area contributed by atoms with Crippen LogP contribution in [0.15, 0.2) is 62.8 Å². The number of rotatable bonds is 3. The summed E-state index contributed by atoms with van der Waals surface area (Å²) in [6.07, 6.45) is 0.705. The highest BCUT2D eigenvalue weighted by atomic mass is 79.9. The highest BCUT2D eigenvalue weighted by Gasteiger charge is 2.67. The Kier molecular flexibility index (Phi) is 4.89. The number of aromatic nitrogens is 1. The fourth-order valence-corrected chi connectivity index (χ4v) is 10.5. The molecule has 2 fully saturated rings. The lowest BCUT2D eigenvalue weighted by molar-refractivity contribution is -0.156. The topological polar surface area (TPSA) is 85.6 Å². The van der Waals surface area contributed by atoms with Gasteiger partial charge in [0.05, 0.1) is 23.4 Å². The number of esters is 1. The van der Waals surface area contributed by atoms with E-state index >= 15 is 0 Å². The lowest BCUT2D eigenvalue weighted by Crippen LogP contribution is -2.49. The molecule has 3 aromatic rings. The third-order valence-electron chi connectivity index (χ3n) is 8.20. The predicted molar refractivity (Wildman–Crippen MR) is 135 cm³/mol. The number of fused-ring (bicyclic) bond motifs is 6. The molecule has 1 N–H and O–H groups in total. The third kappa shape index (κ3) is 3.10. The normalized spacial score (nSPS) is 31.8. The second kappa shape index (κ2) is 7.82. The minimum atomic E-state index is -0.926. The SMILES string of the molecule is O=C(O)[C@@H]1[C@H]2C[C@H]3[C@@H]1C(=O)Oc1ccc(Br)cc1[C@@H]1c4sc(=O)n(Cc5ccccc5)c4S[C@H]2[C@H]13. The van der Waals surface area contributed by atoms with Gasteiger partial charge in [0, 0.05) is 26.1 Å². The second-order valence-electron chi connectivity index (χ2n) is 9.80. The van der Waals surface area contributed by atoms with Gasteiger partial charge in [0.1, 0.15) is 5.75 Å². The zero-order chi connectivity index (χ0) is 24.0. The van der Waals surface area contributed by atoms with Gasteiger partial charge in [-0.3, -0.25) is 19.0 Å². The number of carboxylic acids is 1. The zero-order valence-corrected chi connectivity index (χ0v) is 21.5. The summed E-state index contributed by atoms with van der Waals surface area (Å²) in [6, 6.07) is 15.5. The largest absolute Gasteiger partial charge is 0.481 e. The molecule has 2 aromatic carbocycles. The van der Waals surface area contributed by atoms with Crippen LogP contribution in [-0.2, 0) is 16.1 Å². The van der Waals surface area contributed by atoms with Crippen molar-refractivity contribution < 1.29 is 19.4 Å². The molecule has 7 rings (SSSR count). The lowest BCUT2D eigenvalue weighted by Gasteiger charge is -2.46. The Labute approximate surface area is 217 Å². The third-order valence-corrected chi connectivity index (χ3v) is 11.5. The zero-order valence-electron chi connectivity index (χ0n) is 18.3. The van der Waals surface area contributed by atoms with Gasteiger partial charge in [-0.25, -0.2) is 0 Å². The van der Waals surface area contributed by atoms with Crippen molar-refractivity contribution in [2.24, 2.45) is 29.6 Å². The second-order valence-corrected chi connectivity index (χ2v) is 12.9. The number of nitrogens with zero attached hydrogens (tertiary/aromatic N) is 1. The molecule has 2 bridgehead atoms. The van der Waals surface area contributed by atoms with E-state index in [2.05, 4.69) is 15.9 Å². The first-order chi connectivity index (χ1) is 16.9. The van der Waals surface area contributed by atoms with E-state index in [1.54, 1.807) is 17.8 Å². The van der Waals surface area contributed by atoms with Crippen molar-refractivity contribution in [1.82, 2.24) is 4.57 Å². The van der Waals surface area contributed by atoms with Gasteiger partial charge >= 0.3 is 16.8 Å². The van der Waals surface area contributed by atoms with Crippen molar-refractivity contribution in [2.45, 2.75) is 29.2 Å². The maximum absolute atomic E-state index is 13.3. The van der Waals surface area contributed by atoms with Crippen LogP contribution < -0.4 is 9.61 Å². The van der Waals surface area contributed by atoms with Crippen LogP contribution >= 0.6 is 39.0 Å². The van der Waals surface area contributed by atoms with E-state index in [1.807, 2.05) is 47.0 Å².